The number of hydrogen-bond acceptors (Lipinski definition) is 5. The van der Waals surface area contributed by atoms with E-state index in [0.29, 0.717) is 11.3 Å². The zero-order valence-electron chi connectivity index (χ0n) is 13.5. The lowest BCUT2D eigenvalue weighted by molar-refractivity contribution is -0.117. The van der Waals surface area contributed by atoms with Gasteiger partial charge in [0, 0.05) is 11.8 Å². The van der Waals surface area contributed by atoms with Gasteiger partial charge in [-0.15, -0.1) is 0 Å². The van der Waals surface area contributed by atoms with Crippen molar-refractivity contribution in [1.29, 1.82) is 0 Å². The van der Waals surface area contributed by atoms with Crippen molar-refractivity contribution in [3.05, 3.63) is 41.5 Å². The maximum absolute atomic E-state index is 12.2. The first-order valence-corrected chi connectivity index (χ1v) is 8.86. The molecule has 0 spiro atoms. The van der Waals surface area contributed by atoms with Gasteiger partial charge in [-0.25, -0.2) is 0 Å². The van der Waals surface area contributed by atoms with Crippen molar-refractivity contribution in [2.75, 3.05) is 0 Å². The van der Waals surface area contributed by atoms with Crippen molar-refractivity contribution >= 4 is 21.6 Å². The number of rotatable bonds is 3. The first-order chi connectivity index (χ1) is 10.6. The fourth-order valence-corrected chi connectivity index (χ4v) is 3.97. The van der Waals surface area contributed by atoms with Crippen LogP contribution in [-0.4, -0.2) is 19.9 Å². The highest BCUT2D eigenvalue weighted by Crippen LogP contribution is 2.61. The van der Waals surface area contributed by atoms with Gasteiger partial charge in [-0.2, -0.15) is 8.42 Å². The average molecular weight is 333 g/mol. The number of benzene rings is 1. The highest BCUT2D eigenvalue weighted by Gasteiger charge is 2.65. The molecular formula is C17H19NO4S. The number of carbonyl (C=O) groups excluding carboxylic acids is 1. The van der Waals surface area contributed by atoms with Crippen molar-refractivity contribution in [3.8, 4) is 0 Å². The lowest BCUT2D eigenvalue weighted by Gasteiger charge is -2.09. The summed E-state index contributed by atoms with van der Waals surface area (Å²) in [4.78, 5) is 12.2. The van der Waals surface area contributed by atoms with Crippen LogP contribution in [0.2, 0.25) is 0 Å². The van der Waals surface area contributed by atoms with Crippen molar-refractivity contribution in [1.82, 2.24) is 0 Å². The molecule has 122 valence electrons. The van der Waals surface area contributed by atoms with E-state index in [0.717, 1.165) is 5.56 Å². The van der Waals surface area contributed by atoms with E-state index in [2.05, 4.69) is 5.16 Å². The van der Waals surface area contributed by atoms with Gasteiger partial charge in [-0.1, -0.05) is 36.7 Å². The molecule has 0 bridgehead atoms. The normalized spacial score (nSPS) is 27.4. The molecule has 0 N–H and O–H groups in total. The van der Waals surface area contributed by atoms with Gasteiger partial charge in [0.05, 0.1) is 5.71 Å². The van der Waals surface area contributed by atoms with Gasteiger partial charge >= 0.3 is 10.1 Å². The van der Waals surface area contributed by atoms with Gasteiger partial charge in [-0.3, -0.25) is 9.08 Å². The molecule has 0 saturated heterocycles. The molecule has 0 radical (unpaired) electrons. The van der Waals surface area contributed by atoms with Crippen LogP contribution in [0.4, 0.5) is 0 Å². The molecule has 23 heavy (non-hydrogen) atoms. The quantitative estimate of drug-likeness (QED) is 0.797. The minimum Gasteiger partial charge on any atom is -0.294 e. The number of ketones is 1. The zero-order valence-corrected chi connectivity index (χ0v) is 14.3. The first kappa shape index (κ1) is 15.9. The summed E-state index contributed by atoms with van der Waals surface area (Å²) >= 11 is 0. The summed E-state index contributed by atoms with van der Waals surface area (Å²) in [7, 11) is -3.95. The summed E-state index contributed by atoms with van der Waals surface area (Å²) in [6, 6.07) is 6.37. The molecule has 0 amide bonds. The molecule has 1 saturated carbocycles. The van der Waals surface area contributed by atoms with Gasteiger partial charge in [0.2, 0.25) is 0 Å². The van der Waals surface area contributed by atoms with Gasteiger partial charge < -0.3 is 0 Å². The molecule has 1 aromatic carbocycles. The second kappa shape index (κ2) is 5.03. The van der Waals surface area contributed by atoms with Gasteiger partial charge in [0.1, 0.15) is 4.90 Å². The Labute approximate surface area is 136 Å². The maximum atomic E-state index is 12.2. The Morgan fingerprint density at radius 1 is 1.09 bits per heavy atom. The Morgan fingerprint density at radius 3 is 2.30 bits per heavy atom. The fraction of sp³-hybridized carbons (Fsp3) is 0.412. The van der Waals surface area contributed by atoms with E-state index in [9.17, 15) is 13.2 Å². The molecule has 2 unspecified atom stereocenters. The topological polar surface area (TPSA) is 72.8 Å². The van der Waals surface area contributed by atoms with E-state index >= 15 is 0 Å². The second-order valence-corrected chi connectivity index (χ2v) is 8.35. The number of Topliss-reactive ketones (excluding diaryl/α,β-unsaturated/α-hetero) is 1. The van der Waals surface area contributed by atoms with Crippen LogP contribution in [0.15, 0.2) is 46.0 Å². The minimum absolute atomic E-state index is 0.0617. The van der Waals surface area contributed by atoms with Crippen LogP contribution in [0.5, 0.6) is 0 Å². The van der Waals surface area contributed by atoms with Crippen LogP contribution < -0.4 is 0 Å². The van der Waals surface area contributed by atoms with Crippen LogP contribution in [0.1, 0.15) is 26.3 Å². The smallest absolute Gasteiger partial charge is 0.294 e. The highest BCUT2D eigenvalue weighted by molar-refractivity contribution is 7.86. The molecule has 3 rings (SSSR count). The van der Waals surface area contributed by atoms with Crippen LogP contribution in [0.3, 0.4) is 0 Å². The number of hydrogen-bond donors (Lipinski definition) is 0. The predicted octanol–water partition coefficient (Wildman–Crippen LogP) is 2.86. The third-order valence-corrected chi connectivity index (χ3v) is 5.85. The molecule has 1 fully saturated rings. The van der Waals surface area contributed by atoms with E-state index in [-0.39, 0.29) is 27.9 Å². The summed E-state index contributed by atoms with van der Waals surface area (Å²) in [6.45, 7) is 7.56. The summed E-state index contributed by atoms with van der Waals surface area (Å²) < 4.78 is 29.3. The molecule has 0 heterocycles. The van der Waals surface area contributed by atoms with Crippen LogP contribution >= 0.6 is 0 Å². The lowest BCUT2D eigenvalue weighted by atomic mass is 9.98. The molecule has 2 aliphatic rings. The monoisotopic (exact) mass is 333 g/mol. The first-order valence-electron chi connectivity index (χ1n) is 7.45. The number of carbonyl (C=O) groups is 1. The SMILES string of the molecule is CC1=C/C(=N\OS(=O)(=O)c2ccc(C)cc2)C2C(C1=O)C2(C)C. The Balaban J connectivity index is 1.88. The van der Waals surface area contributed by atoms with E-state index in [1.807, 2.05) is 20.8 Å². The average Bonchev–Trinajstić information content (AvgIpc) is 3.05. The number of fused-ring (bicyclic) bond motifs is 1. The van der Waals surface area contributed by atoms with Gasteiger partial charge in [0.15, 0.2) is 5.78 Å². The molecule has 2 aliphatic carbocycles. The molecule has 1 aromatic rings. The Morgan fingerprint density at radius 2 is 1.70 bits per heavy atom. The van der Waals surface area contributed by atoms with E-state index in [4.69, 9.17) is 4.28 Å². The fourth-order valence-electron chi connectivity index (χ4n) is 3.23. The number of oxime groups is 1. The molecule has 0 aliphatic heterocycles. The molecule has 6 heteroatoms. The Hall–Kier alpha value is -1.95. The van der Waals surface area contributed by atoms with Crippen molar-refractivity contribution in [2.24, 2.45) is 22.4 Å². The summed E-state index contributed by atoms with van der Waals surface area (Å²) in [6.07, 6.45) is 1.63. The van der Waals surface area contributed by atoms with Crippen molar-refractivity contribution in [3.63, 3.8) is 0 Å². The van der Waals surface area contributed by atoms with E-state index in [1.165, 1.54) is 12.1 Å². The third-order valence-electron chi connectivity index (χ3n) is 4.73. The lowest BCUT2D eigenvalue weighted by Crippen LogP contribution is -2.16. The summed E-state index contributed by atoms with van der Waals surface area (Å²) in [5.74, 6) is -0.0933. The van der Waals surface area contributed by atoms with Crippen LogP contribution in [-0.2, 0) is 19.2 Å². The van der Waals surface area contributed by atoms with Crippen LogP contribution in [0, 0.1) is 24.2 Å². The second-order valence-electron chi connectivity index (χ2n) is 6.83. The van der Waals surface area contributed by atoms with Crippen LogP contribution in [0.25, 0.3) is 0 Å². The highest BCUT2D eigenvalue weighted by atomic mass is 32.2. The zero-order chi connectivity index (χ0) is 17.0. The van der Waals surface area contributed by atoms with Crippen molar-refractivity contribution < 1.29 is 17.5 Å². The molecular weight excluding hydrogens is 314 g/mol. The number of nitrogens with zero attached hydrogens (tertiary/aromatic N) is 1. The van der Waals surface area contributed by atoms with Crippen molar-refractivity contribution in [2.45, 2.75) is 32.6 Å². The number of aryl methyl sites for hydroxylation is 1. The number of allylic oxidation sites excluding steroid dienone is 2. The maximum Gasteiger partial charge on any atom is 0.358 e. The van der Waals surface area contributed by atoms with Gasteiger partial charge in [-0.05, 0) is 43.0 Å². The molecule has 2 atom stereocenters. The standard InChI is InChI=1S/C17H19NO4S/c1-10-5-7-12(8-6-10)23(20,21)22-18-13-9-11(2)16(19)15-14(13)17(15,3)4/h5-9,14-15H,1-4H3/b18-13+. The largest absolute Gasteiger partial charge is 0.358 e. The van der Waals surface area contributed by atoms with E-state index < -0.39 is 10.1 Å². The Bertz CT molecular complexity index is 832. The molecule has 0 aromatic heterocycles. The minimum atomic E-state index is -3.95. The summed E-state index contributed by atoms with van der Waals surface area (Å²) in [5.41, 5.74) is 1.86. The third kappa shape index (κ3) is 2.61. The summed E-state index contributed by atoms with van der Waals surface area (Å²) in [5, 5.41) is 3.86. The predicted molar refractivity (Wildman–Crippen MR) is 86.4 cm³/mol. The van der Waals surface area contributed by atoms with E-state index in [1.54, 1.807) is 25.1 Å². The van der Waals surface area contributed by atoms with Gasteiger partial charge in [0.25, 0.3) is 0 Å². The molecule has 5 nitrogen and oxygen atoms in total. The Kier molecular flexibility index (Phi) is 3.48.